The number of carbonyl (C=O) groups is 1. The highest BCUT2D eigenvalue weighted by Crippen LogP contribution is 2.35. The summed E-state index contributed by atoms with van der Waals surface area (Å²) in [5, 5.41) is 11.1. The number of carboxylic acid groups (broad SMARTS) is 1. The Kier molecular flexibility index (Phi) is 3.75. The molecule has 1 heterocycles. The quantitative estimate of drug-likeness (QED) is 0.481. The Bertz CT molecular complexity index is 1080. The molecule has 0 unspecified atom stereocenters. The number of nitrogens with two attached hydrogens (primary N) is 1. The Hall–Kier alpha value is -3.11. The number of hydrogen-bond donors (Lipinski definition) is 2. The molecule has 3 aromatic carbocycles. The van der Waals surface area contributed by atoms with Crippen molar-refractivity contribution in [2.45, 2.75) is 0 Å². The fourth-order valence-corrected chi connectivity index (χ4v) is 3.84. The number of thiophene rings is 1. The molecule has 122 valence electrons. The van der Waals surface area contributed by atoms with Gasteiger partial charge in [-0.3, -0.25) is 0 Å². The van der Waals surface area contributed by atoms with E-state index in [1.807, 2.05) is 42.5 Å². The van der Waals surface area contributed by atoms with E-state index in [1.165, 1.54) is 9.75 Å². The van der Waals surface area contributed by atoms with E-state index in [0.717, 1.165) is 27.6 Å². The highest BCUT2D eigenvalue weighted by molar-refractivity contribution is 7.18. The standard InChI is InChI=1S/C21H15NO2S/c22-18-7-5-13(6-8-18)19-9-10-20(25-19)16-3-1-15-12-17(21(23)24)4-2-14(15)11-16/h1-12H,22H2,(H,23,24). The highest BCUT2D eigenvalue weighted by atomic mass is 32.1. The summed E-state index contributed by atoms with van der Waals surface area (Å²) in [5.74, 6) is -0.905. The van der Waals surface area contributed by atoms with Crippen LogP contribution in [-0.4, -0.2) is 11.1 Å². The van der Waals surface area contributed by atoms with Crippen LogP contribution in [0.1, 0.15) is 10.4 Å². The predicted molar refractivity (Wildman–Crippen MR) is 104 cm³/mol. The highest BCUT2D eigenvalue weighted by Gasteiger charge is 2.08. The number of carboxylic acids is 1. The third-order valence-corrected chi connectivity index (χ3v) is 5.36. The van der Waals surface area contributed by atoms with E-state index in [2.05, 4.69) is 18.2 Å². The molecule has 0 radical (unpaired) electrons. The lowest BCUT2D eigenvalue weighted by Crippen LogP contribution is -1.95. The summed E-state index contributed by atoms with van der Waals surface area (Å²) in [4.78, 5) is 13.5. The van der Waals surface area contributed by atoms with Crippen molar-refractivity contribution in [1.82, 2.24) is 0 Å². The molecule has 25 heavy (non-hydrogen) atoms. The Morgan fingerprint density at radius 2 is 1.36 bits per heavy atom. The molecule has 0 bridgehead atoms. The van der Waals surface area contributed by atoms with Gasteiger partial charge in [0.25, 0.3) is 0 Å². The van der Waals surface area contributed by atoms with Crippen LogP contribution in [0.5, 0.6) is 0 Å². The van der Waals surface area contributed by atoms with Gasteiger partial charge < -0.3 is 10.8 Å². The van der Waals surface area contributed by atoms with Crippen LogP contribution in [0.15, 0.2) is 72.8 Å². The van der Waals surface area contributed by atoms with Crippen LogP contribution in [-0.2, 0) is 0 Å². The van der Waals surface area contributed by atoms with E-state index in [9.17, 15) is 4.79 Å². The molecule has 0 spiro atoms. The molecule has 3 nitrogen and oxygen atoms in total. The summed E-state index contributed by atoms with van der Waals surface area (Å²) in [7, 11) is 0. The van der Waals surface area contributed by atoms with Gasteiger partial charge >= 0.3 is 5.97 Å². The van der Waals surface area contributed by atoms with E-state index in [4.69, 9.17) is 10.8 Å². The van der Waals surface area contributed by atoms with E-state index in [0.29, 0.717) is 5.56 Å². The number of benzene rings is 3. The first-order chi connectivity index (χ1) is 12.1. The molecule has 0 aliphatic rings. The zero-order valence-corrected chi connectivity index (χ0v) is 14.1. The minimum atomic E-state index is -0.905. The van der Waals surface area contributed by atoms with Crippen molar-refractivity contribution in [3.63, 3.8) is 0 Å². The van der Waals surface area contributed by atoms with Gasteiger partial charge in [-0.1, -0.05) is 30.3 Å². The normalized spacial score (nSPS) is 10.9. The van der Waals surface area contributed by atoms with E-state index in [1.54, 1.807) is 23.5 Å². The first-order valence-corrected chi connectivity index (χ1v) is 8.65. The summed E-state index contributed by atoms with van der Waals surface area (Å²) in [6.45, 7) is 0. The molecule has 0 amide bonds. The zero-order valence-electron chi connectivity index (χ0n) is 13.3. The van der Waals surface area contributed by atoms with Crippen LogP contribution in [0.4, 0.5) is 5.69 Å². The number of fused-ring (bicyclic) bond motifs is 1. The van der Waals surface area contributed by atoms with E-state index < -0.39 is 5.97 Å². The van der Waals surface area contributed by atoms with Gasteiger partial charge in [-0.05, 0) is 64.4 Å². The third-order valence-electron chi connectivity index (χ3n) is 4.17. The summed E-state index contributed by atoms with van der Waals surface area (Å²) < 4.78 is 0. The van der Waals surface area contributed by atoms with Crippen LogP contribution in [0.2, 0.25) is 0 Å². The zero-order chi connectivity index (χ0) is 17.4. The van der Waals surface area contributed by atoms with E-state index in [-0.39, 0.29) is 0 Å². The largest absolute Gasteiger partial charge is 0.478 e. The summed E-state index contributed by atoms with van der Waals surface area (Å²) >= 11 is 1.73. The Morgan fingerprint density at radius 3 is 2.08 bits per heavy atom. The number of hydrogen-bond acceptors (Lipinski definition) is 3. The monoisotopic (exact) mass is 345 g/mol. The SMILES string of the molecule is Nc1ccc(-c2ccc(-c3ccc4cc(C(=O)O)ccc4c3)s2)cc1. The fraction of sp³-hybridized carbons (Fsp3) is 0. The third kappa shape index (κ3) is 2.99. The molecule has 0 atom stereocenters. The molecular formula is C21H15NO2S. The number of nitrogen functional groups attached to an aromatic ring is 1. The molecule has 0 saturated heterocycles. The molecule has 4 rings (SSSR count). The molecule has 0 saturated carbocycles. The Balaban J connectivity index is 1.71. The lowest BCUT2D eigenvalue weighted by molar-refractivity contribution is 0.0697. The summed E-state index contributed by atoms with van der Waals surface area (Å²) in [6.07, 6.45) is 0. The van der Waals surface area contributed by atoms with Gasteiger partial charge in [0.15, 0.2) is 0 Å². The molecule has 0 aliphatic heterocycles. The second kappa shape index (κ2) is 6.07. The van der Waals surface area contributed by atoms with Gasteiger partial charge in [0.1, 0.15) is 0 Å². The van der Waals surface area contributed by atoms with Crippen molar-refractivity contribution in [2.75, 3.05) is 5.73 Å². The summed E-state index contributed by atoms with van der Waals surface area (Å²) in [6, 6.07) is 23.4. The maximum atomic E-state index is 11.1. The Morgan fingerprint density at radius 1 is 0.760 bits per heavy atom. The minimum absolute atomic E-state index is 0.307. The molecule has 0 aliphatic carbocycles. The topological polar surface area (TPSA) is 63.3 Å². The maximum absolute atomic E-state index is 11.1. The molecule has 4 heteroatoms. The number of anilines is 1. The van der Waals surface area contributed by atoms with Gasteiger partial charge in [0.05, 0.1) is 5.56 Å². The smallest absolute Gasteiger partial charge is 0.335 e. The molecule has 1 aromatic heterocycles. The minimum Gasteiger partial charge on any atom is -0.478 e. The van der Waals surface area contributed by atoms with Crippen LogP contribution >= 0.6 is 11.3 Å². The number of aromatic carboxylic acids is 1. The molecule has 3 N–H and O–H groups in total. The first-order valence-electron chi connectivity index (χ1n) is 7.83. The van der Waals surface area contributed by atoms with Gasteiger partial charge in [0.2, 0.25) is 0 Å². The van der Waals surface area contributed by atoms with Crippen molar-refractivity contribution < 1.29 is 9.90 Å². The van der Waals surface area contributed by atoms with Gasteiger partial charge in [-0.25, -0.2) is 4.79 Å². The van der Waals surface area contributed by atoms with Gasteiger partial charge in [-0.2, -0.15) is 0 Å². The number of rotatable bonds is 3. The van der Waals surface area contributed by atoms with Gasteiger partial charge in [0, 0.05) is 15.4 Å². The van der Waals surface area contributed by atoms with Crippen LogP contribution in [0.3, 0.4) is 0 Å². The lowest BCUT2D eigenvalue weighted by atomic mass is 10.0. The molecule has 4 aromatic rings. The van der Waals surface area contributed by atoms with Crippen molar-refractivity contribution in [3.8, 4) is 20.9 Å². The molecule has 0 fully saturated rings. The van der Waals surface area contributed by atoms with Crippen LogP contribution in [0, 0.1) is 0 Å². The second-order valence-electron chi connectivity index (χ2n) is 5.87. The fourth-order valence-electron chi connectivity index (χ4n) is 2.83. The second-order valence-corrected chi connectivity index (χ2v) is 6.95. The maximum Gasteiger partial charge on any atom is 0.335 e. The van der Waals surface area contributed by atoms with Crippen molar-refractivity contribution >= 4 is 33.8 Å². The first kappa shape index (κ1) is 15.4. The lowest BCUT2D eigenvalue weighted by Gasteiger charge is -2.03. The van der Waals surface area contributed by atoms with Crippen molar-refractivity contribution in [2.24, 2.45) is 0 Å². The van der Waals surface area contributed by atoms with Crippen LogP contribution in [0.25, 0.3) is 31.7 Å². The summed E-state index contributed by atoms with van der Waals surface area (Å²) in [5.41, 5.74) is 9.09. The van der Waals surface area contributed by atoms with Crippen molar-refractivity contribution in [1.29, 1.82) is 0 Å². The van der Waals surface area contributed by atoms with Crippen molar-refractivity contribution in [3.05, 3.63) is 78.4 Å². The van der Waals surface area contributed by atoms with E-state index >= 15 is 0 Å². The Labute approximate surface area is 149 Å². The average Bonchev–Trinajstić information content (AvgIpc) is 3.11. The predicted octanol–water partition coefficient (Wildman–Crippen LogP) is 5.52. The average molecular weight is 345 g/mol. The molecular weight excluding hydrogens is 330 g/mol. The van der Waals surface area contributed by atoms with Crippen LogP contribution < -0.4 is 5.73 Å². The van der Waals surface area contributed by atoms with Gasteiger partial charge in [-0.15, -0.1) is 11.3 Å².